The van der Waals surface area contributed by atoms with E-state index in [9.17, 15) is 24.6 Å². The van der Waals surface area contributed by atoms with Crippen molar-refractivity contribution in [2.45, 2.75) is 62.8 Å². The number of nitrogens with one attached hydrogen (secondary N) is 1. The third-order valence-electron chi connectivity index (χ3n) is 11.0. The number of fused-ring (bicyclic) bond motifs is 1. The Morgan fingerprint density at radius 2 is 1.76 bits per heavy atom. The Morgan fingerprint density at radius 1 is 1.02 bits per heavy atom. The number of carbonyl (C=O) groups is 3. The normalized spacial score (nSPS) is 23.8. The number of likely N-dealkylation sites (tertiary alicyclic amines) is 1. The van der Waals surface area contributed by atoms with E-state index in [2.05, 4.69) is 22.3 Å². The molecule has 4 aliphatic heterocycles. The molecule has 3 aromatic carbocycles. The van der Waals surface area contributed by atoms with E-state index in [0.29, 0.717) is 29.5 Å². The van der Waals surface area contributed by atoms with Crippen LogP contribution in [0, 0.1) is 5.92 Å². The van der Waals surface area contributed by atoms with Crippen LogP contribution in [-0.4, -0.2) is 77.3 Å². The zero-order valence-corrected chi connectivity index (χ0v) is 29.1. The lowest BCUT2D eigenvalue weighted by Crippen LogP contribution is -2.55. The van der Waals surface area contributed by atoms with Crippen LogP contribution in [-0.2, 0) is 26.5 Å². The van der Waals surface area contributed by atoms with Crippen molar-refractivity contribution >= 4 is 46.4 Å². The number of hydrogen-bond acceptors (Lipinski definition) is 7. The lowest BCUT2D eigenvalue weighted by atomic mass is 9.83. The second kappa shape index (κ2) is 13.8. The van der Waals surface area contributed by atoms with Gasteiger partial charge in [0, 0.05) is 40.8 Å². The maximum absolute atomic E-state index is 14.1. The lowest BCUT2D eigenvalue weighted by Gasteiger charge is -2.39. The van der Waals surface area contributed by atoms with Crippen molar-refractivity contribution in [1.82, 2.24) is 10.2 Å². The Bertz CT molecular complexity index is 1780. The second-order valence-corrected chi connectivity index (χ2v) is 14.3. The molecule has 3 amide bonds. The van der Waals surface area contributed by atoms with Gasteiger partial charge in [0.25, 0.3) is 11.8 Å². The first-order chi connectivity index (χ1) is 24.2. The zero-order chi connectivity index (χ0) is 35.0. The molecular weight excluding hydrogens is 654 g/mol. The molecule has 3 fully saturated rings. The maximum Gasteiger partial charge on any atom is 0.264 e. The van der Waals surface area contributed by atoms with Gasteiger partial charge < -0.3 is 30.2 Å². The van der Waals surface area contributed by atoms with Crippen LogP contribution in [0.1, 0.15) is 50.2 Å². The minimum Gasteiger partial charge on any atom is -0.394 e. The fourth-order valence-corrected chi connectivity index (χ4v) is 8.36. The summed E-state index contributed by atoms with van der Waals surface area (Å²) in [6, 6.07) is 22.7. The number of hydrogen-bond donors (Lipinski definition) is 3. The monoisotopic (exact) mass is 697 g/mol. The zero-order valence-electron chi connectivity index (χ0n) is 28.3. The van der Waals surface area contributed by atoms with E-state index in [0.717, 1.165) is 55.7 Å². The van der Waals surface area contributed by atoms with Gasteiger partial charge in [-0.15, -0.1) is 0 Å². The summed E-state index contributed by atoms with van der Waals surface area (Å²) in [5.74, 6) is -1.12. The molecule has 50 heavy (non-hydrogen) atoms. The Hall–Kier alpha value is -4.22. The first-order valence-corrected chi connectivity index (χ1v) is 17.9. The van der Waals surface area contributed by atoms with Crippen LogP contribution in [0.25, 0.3) is 0 Å². The van der Waals surface area contributed by atoms with Gasteiger partial charge in [0.1, 0.15) is 5.54 Å². The van der Waals surface area contributed by atoms with Gasteiger partial charge in [-0.25, -0.2) is 0 Å². The minimum atomic E-state index is -1.88. The van der Waals surface area contributed by atoms with Crippen molar-refractivity contribution in [1.29, 1.82) is 0 Å². The van der Waals surface area contributed by atoms with Crippen molar-refractivity contribution < 1.29 is 24.6 Å². The van der Waals surface area contributed by atoms with E-state index in [1.54, 1.807) is 47.1 Å². The number of piperidine rings is 1. The molecule has 4 heterocycles. The van der Waals surface area contributed by atoms with E-state index in [1.165, 1.54) is 0 Å². The first-order valence-electron chi connectivity index (χ1n) is 17.5. The number of benzene rings is 3. The lowest BCUT2D eigenvalue weighted by molar-refractivity contribution is -0.139. The summed E-state index contributed by atoms with van der Waals surface area (Å²) < 4.78 is 0. The highest BCUT2D eigenvalue weighted by molar-refractivity contribution is 6.31. The van der Waals surface area contributed by atoms with E-state index < -0.39 is 23.0 Å². The molecule has 3 aromatic rings. The van der Waals surface area contributed by atoms with Gasteiger partial charge in [-0.05, 0) is 86.8 Å². The molecule has 3 N–H and O–H groups in total. The molecule has 4 aliphatic rings. The van der Waals surface area contributed by atoms with Gasteiger partial charge in [-0.1, -0.05) is 61.0 Å². The van der Waals surface area contributed by atoms with Gasteiger partial charge in [-0.2, -0.15) is 0 Å². The van der Waals surface area contributed by atoms with Crippen LogP contribution in [0.4, 0.5) is 17.1 Å². The van der Waals surface area contributed by atoms with Crippen molar-refractivity contribution in [3.05, 3.63) is 101 Å². The molecule has 3 saturated heterocycles. The average Bonchev–Trinajstić information content (AvgIpc) is 3.79. The summed E-state index contributed by atoms with van der Waals surface area (Å²) in [7, 11) is 0. The van der Waals surface area contributed by atoms with E-state index in [-0.39, 0.29) is 37.4 Å². The van der Waals surface area contributed by atoms with Gasteiger partial charge in [0.15, 0.2) is 5.60 Å². The highest BCUT2D eigenvalue weighted by Gasteiger charge is 2.54. The smallest absolute Gasteiger partial charge is 0.264 e. The maximum atomic E-state index is 14.1. The number of para-hydroxylation sites is 1. The third-order valence-corrected chi connectivity index (χ3v) is 11.3. The van der Waals surface area contributed by atoms with Gasteiger partial charge in [0.05, 0.1) is 31.5 Å². The number of aliphatic hydroxyl groups is 2. The third kappa shape index (κ3) is 5.88. The number of amides is 3. The molecule has 11 heteroatoms. The first kappa shape index (κ1) is 34.2. The minimum absolute atomic E-state index is 0.0575. The predicted octanol–water partition coefficient (Wildman–Crippen LogP) is 4.57. The number of halogens is 1. The van der Waals surface area contributed by atoms with Gasteiger partial charge in [-0.3, -0.25) is 19.3 Å². The molecule has 0 saturated carbocycles. The van der Waals surface area contributed by atoms with Crippen LogP contribution in [0.2, 0.25) is 5.02 Å². The van der Waals surface area contributed by atoms with Crippen LogP contribution < -0.4 is 20.0 Å². The van der Waals surface area contributed by atoms with Crippen LogP contribution in [0.5, 0.6) is 0 Å². The second-order valence-electron chi connectivity index (χ2n) is 13.9. The Kier molecular flexibility index (Phi) is 9.47. The number of anilines is 3. The van der Waals surface area contributed by atoms with Crippen LogP contribution in [0.3, 0.4) is 0 Å². The highest BCUT2D eigenvalue weighted by atomic mass is 35.5. The number of aliphatic hydroxyl groups excluding tert-OH is 1. The van der Waals surface area contributed by atoms with Crippen LogP contribution in [0.15, 0.2) is 84.9 Å². The van der Waals surface area contributed by atoms with E-state index >= 15 is 0 Å². The molecule has 10 nitrogen and oxygen atoms in total. The topological polar surface area (TPSA) is 117 Å². The molecule has 0 aromatic heterocycles. The van der Waals surface area contributed by atoms with Crippen molar-refractivity contribution in [2.24, 2.45) is 5.92 Å². The summed E-state index contributed by atoms with van der Waals surface area (Å²) in [4.78, 5) is 48.4. The molecule has 0 radical (unpaired) electrons. The SMILES string of the molecule is C[C@@H](/C=C/CC(=O)N1CCC[C@H]1CO)[C@]1(O)C(=O)N(Cc2ccc(N3CN(c4ccccc4)C4(CCNCC4)C3=O)cc2)c2ccc(Cl)cc21. The standard InChI is InChI=1S/C39H44ClN5O5/c1-27(7-5-11-35(47)42-22-6-10-32(42)25-46)39(50)33-23-29(40)14-17-34(33)43(37(39)49)24-28-12-15-30(16-13-28)44-26-45(31-8-3-2-4-9-31)38(36(44)48)18-20-41-21-19-38/h2-5,7-9,12-17,23,27,32,41,46,50H,6,10-11,18-22,24-26H2,1H3/b7-5+/t27-,32-,39+/m0/s1. The van der Waals surface area contributed by atoms with Crippen molar-refractivity contribution in [3.63, 3.8) is 0 Å². The molecule has 0 aliphatic carbocycles. The highest BCUT2D eigenvalue weighted by Crippen LogP contribution is 2.47. The molecule has 262 valence electrons. The van der Waals surface area contributed by atoms with E-state index in [4.69, 9.17) is 11.6 Å². The summed E-state index contributed by atoms with van der Waals surface area (Å²) >= 11 is 6.38. The Balaban J connectivity index is 1.09. The number of nitrogens with zero attached hydrogens (tertiary/aromatic N) is 4. The van der Waals surface area contributed by atoms with Crippen LogP contribution >= 0.6 is 11.6 Å². The number of carbonyl (C=O) groups excluding carboxylic acids is 3. The molecule has 1 spiro atoms. The van der Waals surface area contributed by atoms with Gasteiger partial charge in [0.2, 0.25) is 5.91 Å². The summed E-state index contributed by atoms with van der Waals surface area (Å²) in [6.45, 7) is 4.54. The fourth-order valence-electron chi connectivity index (χ4n) is 8.19. The molecule has 7 rings (SSSR count). The largest absolute Gasteiger partial charge is 0.394 e. The van der Waals surface area contributed by atoms with Gasteiger partial charge >= 0.3 is 0 Å². The predicted molar refractivity (Wildman–Crippen MR) is 194 cm³/mol. The van der Waals surface area contributed by atoms with Crippen molar-refractivity contribution in [2.75, 3.05) is 47.6 Å². The summed E-state index contributed by atoms with van der Waals surface area (Å²) in [6.07, 6.45) is 6.63. The quantitative estimate of drug-likeness (QED) is 0.281. The Labute approximate surface area is 297 Å². The summed E-state index contributed by atoms with van der Waals surface area (Å²) in [5.41, 5.74) is 1.17. The molecule has 0 unspecified atom stereocenters. The molecule has 3 atom stereocenters. The summed E-state index contributed by atoms with van der Waals surface area (Å²) in [5, 5.41) is 25.5. The van der Waals surface area contributed by atoms with E-state index in [1.807, 2.05) is 47.4 Å². The Morgan fingerprint density at radius 3 is 2.48 bits per heavy atom. The van der Waals surface area contributed by atoms with Crippen molar-refractivity contribution in [3.8, 4) is 0 Å². The number of rotatable bonds is 9. The average molecular weight is 698 g/mol. The molecule has 0 bridgehead atoms. The molecular formula is C39H44ClN5O5. The fraction of sp³-hybridized carbons (Fsp3) is 0.410.